The molecule has 4 nitrogen and oxygen atoms in total. The minimum absolute atomic E-state index is 0.125. The highest BCUT2D eigenvalue weighted by atomic mass is 79.9. The van der Waals surface area contributed by atoms with E-state index in [0.29, 0.717) is 6.61 Å². The van der Waals surface area contributed by atoms with E-state index in [1.165, 1.54) is 153 Å². The van der Waals surface area contributed by atoms with Gasteiger partial charge >= 0.3 is 0 Å². The van der Waals surface area contributed by atoms with Crippen LogP contribution in [0.1, 0.15) is 168 Å². The molecule has 0 amide bonds. The van der Waals surface area contributed by atoms with Crippen molar-refractivity contribution in [3.8, 4) is 0 Å². The zero-order valence-corrected chi connectivity index (χ0v) is 26.9. The van der Waals surface area contributed by atoms with Crippen molar-refractivity contribution in [2.75, 3.05) is 38.4 Å². The van der Waals surface area contributed by atoms with Gasteiger partial charge in [-0.2, -0.15) is 0 Å². The summed E-state index contributed by atoms with van der Waals surface area (Å²) in [4.78, 5) is 0. The molecule has 0 aromatic heterocycles. The van der Waals surface area contributed by atoms with Crippen molar-refractivity contribution < 1.29 is 20.1 Å². The lowest BCUT2D eigenvalue weighted by molar-refractivity contribution is 0.0895. The Morgan fingerprint density at radius 2 is 0.676 bits per heavy atom. The maximum absolute atomic E-state index is 8.53. The Kier molecular flexibility index (Phi) is 52.2. The third kappa shape index (κ3) is 53.3. The number of alkyl halides is 1. The van der Waals surface area contributed by atoms with Gasteiger partial charge in [-0.3, -0.25) is 0 Å². The zero-order chi connectivity index (χ0) is 27.9. The van der Waals surface area contributed by atoms with Gasteiger partial charge in [-0.1, -0.05) is 171 Å². The molecule has 0 saturated carbocycles. The maximum atomic E-state index is 8.53. The second kappa shape index (κ2) is 46.2. The molecule has 5 heteroatoms. The van der Waals surface area contributed by atoms with Gasteiger partial charge in [-0.05, 0) is 12.8 Å². The molecule has 0 heterocycles. The summed E-state index contributed by atoms with van der Waals surface area (Å²) < 4.78 is 5.22. The second-order valence-corrected chi connectivity index (χ2v) is 11.0. The standard InChI is InChI=1S/C16H34O2.C14H29Br.C2H6O2/c1-2-3-4-5-6-7-8-9-10-11-12-13-15-18-16-14-17;1-2-3-4-5-6-7-8-9-10-11-12-13-14-15;3-1-2-4/h17H,2-16H2,1H3;2-14H2,1H3;3-4H,1-2H2. The summed E-state index contributed by atoms with van der Waals surface area (Å²) in [6.45, 7) is 5.77. The van der Waals surface area contributed by atoms with Crippen LogP contribution in [0.5, 0.6) is 0 Å². The summed E-state index contributed by atoms with van der Waals surface area (Å²) >= 11 is 3.47. The number of unbranched alkanes of at least 4 members (excludes halogenated alkanes) is 22. The Morgan fingerprint density at radius 3 is 0.946 bits per heavy atom. The van der Waals surface area contributed by atoms with Gasteiger partial charge in [0, 0.05) is 11.9 Å². The smallest absolute Gasteiger partial charge is 0.0697 e. The van der Waals surface area contributed by atoms with Gasteiger partial charge < -0.3 is 20.1 Å². The van der Waals surface area contributed by atoms with Crippen molar-refractivity contribution in [2.45, 2.75) is 168 Å². The minimum Gasteiger partial charge on any atom is -0.394 e. The van der Waals surface area contributed by atoms with Crippen LogP contribution < -0.4 is 0 Å². The molecule has 0 fully saturated rings. The fourth-order valence-electron chi connectivity index (χ4n) is 4.15. The fourth-order valence-corrected chi connectivity index (χ4v) is 4.54. The molecule has 37 heavy (non-hydrogen) atoms. The largest absolute Gasteiger partial charge is 0.394 e. The molecule has 0 aliphatic rings. The SMILES string of the molecule is CCCCCCCCCCCCCCBr.CCCCCCCCCCCCCCOCCO.OCCO. The first-order chi connectivity index (χ1) is 18.2. The number of rotatable bonds is 28. The van der Waals surface area contributed by atoms with Crippen LogP contribution in [-0.2, 0) is 4.74 Å². The molecule has 0 aromatic rings. The predicted molar refractivity (Wildman–Crippen MR) is 168 cm³/mol. The summed E-state index contributed by atoms with van der Waals surface area (Å²) in [7, 11) is 0. The first-order valence-corrected chi connectivity index (χ1v) is 17.3. The lowest BCUT2D eigenvalue weighted by atomic mass is 10.1. The normalized spacial score (nSPS) is 10.5. The van der Waals surface area contributed by atoms with Crippen LogP contribution in [0.25, 0.3) is 0 Å². The fraction of sp³-hybridized carbons (Fsp3) is 1.00. The number of ether oxygens (including phenoxy) is 1. The van der Waals surface area contributed by atoms with Crippen molar-refractivity contribution >= 4 is 15.9 Å². The van der Waals surface area contributed by atoms with Crippen molar-refractivity contribution in [3.05, 3.63) is 0 Å². The second-order valence-electron chi connectivity index (χ2n) is 10.3. The van der Waals surface area contributed by atoms with E-state index in [4.69, 9.17) is 20.1 Å². The van der Waals surface area contributed by atoms with E-state index in [2.05, 4.69) is 29.8 Å². The predicted octanol–water partition coefficient (Wildman–Crippen LogP) is 9.75. The summed E-state index contributed by atoms with van der Waals surface area (Å²) in [6, 6.07) is 0. The minimum atomic E-state index is -0.125. The highest BCUT2D eigenvalue weighted by Crippen LogP contribution is 2.13. The highest BCUT2D eigenvalue weighted by molar-refractivity contribution is 9.09. The van der Waals surface area contributed by atoms with Crippen LogP contribution in [0.3, 0.4) is 0 Å². The highest BCUT2D eigenvalue weighted by Gasteiger charge is 1.94. The zero-order valence-electron chi connectivity index (χ0n) is 25.3. The molecule has 0 radical (unpaired) electrons. The molecule has 0 unspecified atom stereocenters. The van der Waals surface area contributed by atoms with Gasteiger partial charge in [0.15, 0.2) is 0 Å². The molecule has 228 valence electrons. The Bertz CT molecular complexity index is 302. The average Bonchev–Trinajstić information content (AvgIpc) is 2.92. The van der Waals surface area contributed by atoms with Crippen molar-refractivity contribution in [1.29, 1.82) is 0 Å². The van der Waals surface area contributed by atoms with Gasteiger partial charge in [0.2, 0.25) is 0 Å². The number of hydrogen-bond donors (Lipinski definition) is 3. The molecule has 0 bridgehead atoms. The van der Waals surface area contributed by atoms with Crippen LogP contribution in [0, 0.1) is 0 Å². The van der Waals surface area contributed by atoms with Gasteiger partial charge in [-0.15, -0.1) is 0 Å². The van der Waals surface area contributed by atoms with E-state index in [9.17, 15) is 0 Å². The Hall–Kier alpha value is 0.320. The lowest BCUT2D eigenvalue weighted by Crippen LogP contribution is -2.00. The van der Waals surface area contributed by atoms with Crippen LogP contribution in [0.4, 0.5) is 0 Å². The van der Waals surface area contributed by atoms with Crippen molar-refractivity contribution in [2.24, 2.45) is 0 Å². The van der Waals surface area contributed by atoms with E-state index in [1.54, 1.807) is 0 Å². The Balaban J connectivity index is -0.000000551. The van der Waals surface area contributed by atoms with E-state index in [1.807, 2.05) is 0 Å². The molecular formula is C32H69BrO4. The summed E-state index contributed by atoms with van der Waals surface area (Å²) in [6.07, 6.45) is 33.8. The van der Waals surface area contributed by atoms with Crippen LogP contribution in [0.2, 0.25) is 0 Å². The number of halogens is 1. The maximum Gasteiger partial charge on any atom is 0.0697 e. The first-order valence-electron chi connectivity index (χ1n) is 16.2. The first kappa shape index (κ1) is 41.8. The molecule has 0 rings (SSSR count). The summed E-state index contributed by atoms with van der Waals surface area (Å²) in [5.74, 6) is 0. The van der Waals surface area contributed by atoms with Crippen molar-refractivity contribution in [3.63, 3.8) is 0 Å². The third-order valence-electron chi connectivity index (χ3n) is 6.47. The molecule has 0 saturated heterocycles. The van der Waals surface area contributed by atoms with Gasteiger partial charge in [0.1, 0.15) is 0 Å². The molecule has 0 atom stereocenters. The number of hydrogen-bond acceptors (Lipinski definition) is 4. The monoisotopic (exact) mass is 596 g/mol. The van der Waals surface area contributed by atoms with Crippen LogP contribution in [-0.4, -0.2) is 53.7 Å². The molecule has 0 spiro atoms. The number of aliphatic hydroxyl groups is 3. The van der Waals surface area contributed by atoms with Crippen LogP contribution in [0.15, 0.2) is 0 Å². The molecule has 3 N–H and O–H groups in total. The van der Waals surface area contributed by atoms with E-state index in [0.717, 1.165) is 13.0 Å². The van der Waals surface area contributed by atoms with Crippen LogP contribution >= 0.6 is 15.9 Å². The van der Waals surface area contributed by atoms with E-state index < -0.39 is 0 Å². The molecule has 0 aliphatic carbocycles. The molecule has 0 aromatic carbocycles. The molecule has 0 aliphatic heterocycles. The average molecular weight is 598 g/mol. The van der Waals surface area contributed by atoms with Gasteiger partial charge in [0.05, 0.1) is 26.4 Å². The number of aliphatic hydroxyl groups excluding tert-OH is 3. The topological polar surface area (TPSA) is 69.9 Å². The molecular weight excluding hydrogens is 528 g/mol. The Morgan fingerprint density at radius 1 is 0.378 bits per heavy atom. The Labute approximate surface area is 241 Å². The van der Waals surface area contributed by atoms with E-state index >= 15 is 0 Å². The lowest BCUT2D eigenvalue weighted by Gasteiger charge is -2.03. The summed E-state index contributed by atoms with van der Waals surface area (Å²) in [5.41, 5.74) is 0. The van der Waals surface area contributed by atoms with Gasteiger partial charge in [-0.25, -0.2) is 0 Å². The third-order valence-corrected chi connectivity index (χ3v) is 7.03. The van der Waals surface area contributed by atoms with Gasteiger partial charge in [0.25, 0.3) is 0 Å². The van der Waals surface area contributed by atoms with Crippen molar-refractivity contribution in [1.82, 2.24) is 0 Å². The quantitative estimate of drug-likeness (QED) is 0.0620. The summed E-state index contributed by atoms with van der Waals surface area (Å²) in [5, 5.41) is 25.0. The van der Waals surface area contributed by atoms with E-state index in [-0.39, 0.29) is 19.8 Å².